The summed E-state index contributed by atoms with van der Waals surface area (Å²) in [5.74, 6) is -0.182. The molecule has 1 N–H and O–H groups in total. The van der Waals surface area contributed by atoms with E-state index in [2.05, 4.69) is 6.92 Å². The molecule has 2 aliphatic heterocycles. The third-order valence-electron chi connectivity index (χ3n) is 7.18. The summed E-state index contributed by atoms with van der Waals surface area (Å²) in [5.41, 5.74) is 4.04. The van der Waals surface area contributed by atoms with Gasteiger partial charge in [0.15, 0.2) is 5.13 Å². The lowest BCUT2D eigenvalue weighted by atomic mass is 9.94. The smallest absolute Gasteiger partial charge is 0.301 e. The fourth-order valence-corrected chi connectivity index (χ4v) is 6.28. The number of aromatic nitrogens is 1. The first-order chi connectivity index (χ1) is 18.9. The number of anilines is 1. The zero-order valence-corrected chi connectivity index (χ0v) is 22.7. The Bertz CT molecular complexity index is 1640. The van der Waals surface area contributed by atoms with E-state index in [9.17, 15) is 14.7 Å². The molecule has 4 aromatic rings. The second-order valence-electron chi connectivity index (χ2n) is 9.78. The molecule has 3 aromatic carbocycles. The highest BCUT2D eigenvalue weighted by Gasteiger charge is 2.48. The Morgan fingerprint density at radius 2 is 1.90 bits per heavy atom. The summed E-state index contributed by atoms with van der Waals surface area (Å²) in [4.78, 5) is 33.3. The molecule has 8 heteroatoms. The molecule has 0 saturated carbocycles. The molecule has 0 unspecified atom stereocenters. The van der Waals surface area contributed by atoms with Crippen molar-refractivity contribution in [3.8, 4) is 11.5 Å². The Labute approximate surface area is 230 Å². The van der Waals surface area contributed by atoms with Crippen molar-refractivity contribution in [2.45, 2.75) is 45.8 Å². The molecule has 1 aromatic heterocycles. The normalized spacial score (nSPS) is 19.9. The van der Waals surface area contributed by atoms with E-state index in [1.165, 1.54) is 16.2 Å². The highest BCUT2D eigenvalue weighted by atomic mass is 32.1. The zero-order chi connectivity index (χ0) is 27.3. The standard InChI is InChI=1S/C31H28N2O5S/c1-4-18-6-8-19(9-7-18)27-26(28(34)20-10-13-24-21(15-20)14-17(3)38-24)29(35)30(36)33(27)31-32-23-12-11-22(37-5-2)16-25(23)39-31/h6-13,15-17,27,34H,4-5,14H2,1-3H3/t17-,27-/m1/s1. The molecule has 2 atom stereocenters. The van der Waals surface area contributed by atoms with Crippen LogP contribution in [0.4, 0.5) is 5.13 Å². The number of hydrogen-bond acceptors (Lipinski definition) is 7. The quantitative estimate of drug-likeness (QED) is 0.178. The van der Waals surface area contributed by atoms with Gasteiger partial charge in [0.05, 0.1) is 28.4 Å². The van der Waals surface area contributed by atoms with Crippen LogP contribution in [0.3, 0.4) is 0 Å². The van der Waals surface area contributed by atoms with E-state index in [0.717, 1.165) is 33.6 Å². The van der Waals surface area contributed by atoms with Crippen LogP contribution < -0.4 is 14.4 Å². The number of aliphatic hydroxyl groups is 1. The largest absolute Gasteiger partial charge is 0.507 e. The van der Waals surface area contributed by atoms with Gasteiger partial charge in [0, 0.05) is 12.0 Å². The highest BCUT2D eigenvalue weighted by Crippen LogP contribution is 2.45. The van der Waals surface area contributed by atoms with E-state index in [0.29, 0.717) is 35.0 Å². The van der Waals surface area contributed by atoms with E-state index >= 15 is 0 Å². The third-order valence-corrected chi connectivity index (χ3v) is 8.20. The van der Waals surface area contributed by atoms with Gasteiger partial charge in [0.2, 0.25) is 0 Å². The summed E-state index contributed by atoms with van der Waals surface area (Å²) in [7, 11) is 0. The van der Waals surface area contributed by atoms with Gasteiger partial charge in [-0.1, -0.05) is 42.5 Å². The van der Waals surface area contributed by atoms with E-state index in [-0.39, 0.29) is 17.4 Å². The Balaban J connectivity index is 1.50. The second kappa shape index (κ2) is 9.85. The van der Waals surface area contributed by atoms with Crippen molar-refractivity contribution in [3.05, 3.63) is 88.5 Å². The van der Waals surface area contributed by atoms with Crippen molar-refractivity contribution in [2.75, 3.05) is 11.5 Å². The lowest BCUT2D eigenvalue weighted by Crippen LogP contribution is -2.29. The molecule has 0 aliphatic carbocycles. The Morgan fingerprint density at radius 3 is 2.64 bits per heavy atom. The number of aliphatic hydroxyl groups excluding tert-OH is 1. The lowest BCUT2D eigenvalue weighted by Gasteiger charge is -2.23. The maximum absolute atomic E-state index is 13.6. The zero-order valence-electron chi connectivity index (χ0n) is 21.9. The number of hydrogen-bond donors (Lipinski definition) is 1. The highest BCUT2D eigenvalue weighted by molar-refractivity contribution is 7.22. The lowest BCUT2D eigenvalue weighted by molar-refractivity contribution is -0.132. The monoisotopic (exact) mass is 540 g/mol. The first-order valence-corrected chi connectivity index (χ1v) is 13.9. The maximum atomic E-state index is 13.6. The average molecular weight is 541 g/mol. The van der Waals surface area contributed by atoms with Gasteiger partial charge in [-0.15, -0.1) is 0 Å². The number of Topliss-reactive ketones (excluding diaryl/α,β-unsaturated/α-hetero) is 1. The van der Waals surface area contributed by atoms with E-state index < -0.39 is 17.7 Å². The van der Waals surface area contributed by atoms with Crippen molar-refractivity contribution in [1.82, 2.24) is 4.98 Å². The van der Waals surface area contributed by atoms with Crippen LogP contribution in [-0.2, 0) is 22.4 Å². The number of fused-ring (bicyclic) bond motifs is 2. The predicted octanol–water partition coefficient (Wildman–Crippen LogP) is 6.21. The average Bonchev–Trinajstić information content (AvgIpc) is 3.60. The van der Waals surface area contributed by atoms with Crippen LogP contribution in [0.2, 0.25) is 0 Å². The van der Waals surface area contributed by atoms with Crippen LogP contribution in [0.15, 0.2) is 66.2 Å². The fourth-order valence-electron chi connectivity index (χ4n) is 5.26. The van der Waals surface area contributed by atoms with Crippen molar-refractivity contribution in [3.63, 3.8) is 0 Å². The van der Waals surface area contributed by atoms with Gasteiger partial charge in [-0.05, 0) is 73.4 Å². The molecule has 0 radical (unpaired) electrons. The van der Waals surface area contributed by atoms with Crippen molar-refractivity contribution < 1.29 is 24.2 Å². The molecule has 198 valence electrons. The summed E-state index contributed by atoms with van der Waals surface area (Å²) < 4.78 is 12.3. The van der Waals surface area contributed by atoms with Gasteiger partial charge in [-0.2, -0.15) is 0 Å². The van der Waals surface area contributed by atoms with Crippen LogP contribution in [0.1, 0.15) is 49.1 Å². The number of carbonyl (C=O) groups excluding carboxylic acids is 2. The number of ketones is 1. The summed E-state index contributed by atoms with van der Waals surface area (Å²) in [6, 6.07) is 17.9. The van der Waals surface area contributed by atoms with Gasteiger partial charge < -0.3 is 14.6 Å². The number of rotatable bonds is 6. The SMILES string of the molecule is CCOc1ccc2nc(N3C(=O)C(=O)C(=C(O)c4ccc5c(c4)C[C@@H](C)O5)[C@H]3c3ccc(CC)cc3)sc2c1. The van der Waals surface area contributed by atoms with Gasteiger partial charge in [-0.25, -0.2) is 4.98 Å². The molecule has 3 heterocycles. The summed E-state index contributed by atoms with van der Waals surface area (Å²) in [5, 5.41) is 11.9. The molecule has 1 amide bonds. The number of amides is 1. The molecule has 39 heavy (non-hydrogen) atoms. The molecule has 6 rings (SSSR count). The summed E-state index contributed by atoms with van der Waals surface area (Å²) in [6.07, 6.45) is 1.61. The summed E-state index contributed by atoms with van der Waals surface area (Å²) >= 11 is 1.31. The van der Waals surface area contributed by atoms with E-state index in [1.54, 1.807) is 12.1 Å². The predicted molar refractivity (Wildman–Crippen MR) is 152 cm³/mol. The van der Waals surface area contributed by atoms with Crippen molar-refractivity contribution >= 4 is 44.1 Å². The van der Waals surface area contributed by atoms with Crippen molar-refractivity contribution in [1.29, 1.82) is 0 Å². The second-order valence-corrected chi connectivity index (χ2v) is 10.8. The minimum Gasteiger partial charge on any atom is -0.507 e. The van der Waals surface area contributed by atoms with Crippen molar-refractivity contribution in [2.24, 2.45) is 0 Å². The Hall–Kier alpha value is -4.17. The van der Waals surface area contributed by atoms with Crippen LogP contribution in [0.5, 0.6) is 11.5 Å². The van der Waals surface area contributed by atoms with Crippen LogP contribution >= 0.6 is 11.3 Å². The molecule has 1 fully saturated rings. The van der Waals surface area contributed by atoms with Gasteiger partial charge >= 0.3 is 5.91 Å². The number of carbonyl (C=O) groups is 2. The van der Waals surface area contributed by atoms with Crippen LogP contribution in [0, 0.1) is 0 Å². The van der Waals surface area contributed by atoms with Gasteiger partial charge in [0.1, 0.15) is 23.4 Å². The Morgan fingerprint density at radius 1 is 1.10 bits per heavy atom. The molecule has 1 saturated heterocycles. The third kappa shape index (κ3) is 4.34. The van der Waals surface area contributed by atoms with Crippen LogP contribution in [0.25, 0.3) is 16.0 Å². The first-order valence-electron chi connectivity index (χ1n) is 13.1. The minimum atomic E-state index is -0.828. The van der Waals surface area contributed by atoms with Gasteiger partial charge in [0.25, 0.3) is 5.78 Å². The number of thiazole rings is 1. The molecular formula is C31H28N2O5S. The molecule has 0 bridgehead atoms. The van der Waals surface area contributed by atoms with Crippen LogP contribution in [-0.4, -0.2) is 34.5 Å². The maximum Gasteiger partial charge on any atom is 0.301 e. The number of ether oxygens (including phenoxy) is 2. The van der Waals surface area contributed by atoms with E-state index in [1.807, 2.05) is 62.4 Å². The fraction of sp³-hybridized carbons (Fsp3) is 0.258. The number of aryl methyl sites for hydroxylation is 1. The Kier molecular flexibility index (Phi) is 6.35. The molecule has 7 nitrogen and oxygen atoms in total. The minimum absolute atomic E-state index is 0.0438. The molecule has 2 aliphatic rings. The first kappa shape index (κ1) is 25.1. The molecular weight excluding hydrogens is 512 g/mol. The number of nitrogens with zero attached hydrogens (tertiary/aromatic N) is 2. The summed E-state index contributed by atoms with van der Waals surface area (Å²) in [6.45, 7) is 6.50. The van der Waals surface area contributed by atoms with Gasteiger partial charge in [-0.3, -0.25) is 14.5 Å². The topological polar surface area (TPSA) is 89.0 Å². The molecule has 0 spiro atoms. The van der Waals surface area contributed by atoms with E-state index in [4.69, 9.17) is 14.5 Å². The number of benzene rings is 3.